The van der Waals surface area contributed by atoms with Crippen molar-refractivity contribution in [2.45, 2.75) is 12.6 Å². The Morgan fingerprint density at radius 2 is 1.72 bits per heavy atom. The van der Waals surface area contributed by atoms with Crippen molar-refractivity contribution in [2.24, 2.45) is 0 Å². The number of carbonyl (C=O) groups excluding carboxylic acids is 2. The lowest BCUT2D eigenvalue weighted by Gasteiger charge is -2.28. The Balaban J connectivity index is 1.47. The SMILES string of the molecule is O=C1NC(=O)C(c2cn(CC(O)CN3CCOCC3)c3cccc(F)c23)=C1c1c[nH]c2ccccc12. The van der Waals surface area contributed by atoms with Crippen LogP contribution in [0.15, 0.2) is 54.9 Å². The summed E-state index contributed by atoms with van der Waals surface area (Å²) in [5.41, 5.74) is 2.60. The van der Waals surface area contributed by atoms with Crippen molar-refractivity contribution in [1.82, 2.24) is 19.8 Å². The van der Waals surface area contributed by atoms with Crippen molar-refractivity contribution >= 4 is 44.8 Å². The number of nitrogens with zero attached hydrogens (tertiary/aromatic N) is 2. The zero-order chi connectivity index (χ0) is 24.8. The highest BCUT2D eigenvalue weighted by Crippen LogP contribution is 2.39. The minimum Gasteiger partial charge on any atom is -0.390 e. The lowest BCUT2D eigenvalue weighted by atomic mass is 9.95. The van der Waals surface area contributed by atoms with Gasteiger partial charge in [-0.2, -0.15) is 0 Å². The van der Waals surface area contributed by atoms with Crippen LogP contribution in [0.2, 0.25) is 0 Å². The Labute approximate surface area is 205 Å². The Morgan fingerprint density at radius 3 is 2.53 bits per heavy atom. The number of halogens is 1. The molecule has 2 aliphatic rings. The molecule has 0 radical (unpaired) electrons. The molecule has 36 heavy (non-hydrogen) atoms. The van der Waals surface area contributed by atoms with E-state index in [0.29, 0.717) is 36.4 Å². The van der Waals surface area contributed by atoms with Crippen LogP contribution in [-0.2, 0) is 20.9 Å². The number of rotatable bonds is 6. The van der Waals surface area contributed by atoms with E-state index in [0.717, 1.165) is 24.0 Å². The highest BCUT2D eigenvalue weighted by atomic mass is 19.1. The quantitative estimate of drug-likeness (QED) is 0.362. The summed E-state index contributed by atoms with van der Waals surface area (Å²) in [6.45, 7) is 3.41. The van der Waals surface area contributed by atoms with E-state index in [4.69, 9.17) is 4.74 Å². The number of para-hydroxylation sites is 1. The van der Waals surface area contributed by atoms with Gasteiger partial charge in [-0.1, -0.05) is 24.3 Å². The Kier molecular flexibility index (Phi) is 5.67. The van der Waals surface area contributed by atoms with Gasteiger partial charge in [0.25, 0.3) is 11.8 Å². The highest BCUT2D eigenvalue weighted by molar-refractivity contribution is 6.50. The summed E-state index contributed by atoms with van der Waals surface area (Å²) in [6, 6.07) is 12.2. The fraction of sp³-hybridized carbons (Fsp3) is 0.259. The molecule has 4 aromatic rings. The van der Waals surface area contributed by atoms with Crippen molar-refractivity contribution in [2.75, 3.05) is 32.8 Å². The molecule has 2 aromatic heterocycles. The van der Waals surface area contributed by atoms with Gasteiger partial charge in [0.05, 0.1) is 36.0 Å². The molecule has 2 amide bonds. The van der Waals surface area contributed by atoms with Gasteiger partial charge in [0.15, 0.2) is 0 Å². The van der Waals surface area contributed by atoms with E-state index in [-0.39, 0.29) is 23.1 Å². The van der Waals surface area contributed by atoms with Gasteiger partial charge in [-0.3, -0.25) is 19.8 Å². The van der Waals surface area contributed by atoms with Crippen LogP contribution in [0.25, 0.3) is 33.0 Å². The average Bonchev–Trinajstić information content (AvgIpc) is 3.53. The van der Waals surface area contributed by atoms with E-state index in [1.54, 1.807) is 29.1 Å². The van der Waals surface area contributed by atoms with Crippen molar-refractivity contribution in [3.63, 3.8) is 0 Å². The zero-order valence-corrected chi connectivity index (χ0v) is 19.5. The molecule has 0 saturated carbocycles. The second kappa shape index (κ2) is 9.02. The molecular formula is C27H25FN4O4. The number of aliphatic hydroxyl groups excluding tert-OH is 1. The molecule has 2 aliphatic heterocycles. The Morgan fingerprint density at radius 1 is 0.972 bits per heavy atom. The lowest BCUT2D eigenvalue weighted by molar-refractivity contribution is -0.122. The number of carbonyl (C=O) groups is 2. The molecule has 184 valence electrons. The minimum absolute atomic E-state index is 0.126. The first-order valence-corrected chi connectivity index (χ1v) is 11.9. The van der Waals surface area contributed by atoms with E-state index in [1.165, 1.54) is 6.07 Å². The number of aliphatic hydroxyl groups is 1. The summed E-state index contributed by atoms with van der Waals surface area (Å²) in [5.74, 6) is -1.59. The predicted molar refractivity (Wildman–Crippen MR) is 133 cm³/mol. The summed E-state index contributed by atoms with van der Waals surface area (Å²) >= 11 is 0. The van der Waals surface area contributed by atoms with Crippen molar-refractivity contribution in [3.8, 4) is 0 Å². The fourth-order valence-corrected chi connectivity index (χ4v) is 5.26. The molecule has 6 rings (SSSR count). The zero-order valence-electron chi connectivity index (χ0n) is 19.5. The smallest absolute Gasteiger partial charge is 0.259 e. The van der Waals surface area contributed by atoms with Gasteiger partial charge < -0.3 is 19.4 Å². The summed E-state index contributed by atoms with van der Waals surface area (Å²) in [4.78, 5) is 31.3. The molecule has 1 atom stereocenters. The molecule has 0 aliphatic carbocycles. The van der Waals surface area contributed by atoms with E-state index in [9.17, 15) is 14.7 Å². The van der Waals surface area contributed by atoms with Gasteiger partial charge in [0.1, 0.15) is 5.82 Å². The Bertz CT molecular complexity index is 1530. The van der Waals surface area contributed by atoms with Crippen LogP contribution in [0.4, 0.5) is 4.39 Å². The molecule has 4 heterocycles. The summed E-state index contributed by atoms with van der Waals surface area (Å²) in [5, 5.41) is 14.3. The van der Waals surface area contributed by atoms with Crippen LogP contribution < -0.4 is 5.32 Å². The molecule has 2 aromatic carbocycles. The lowest BCUT2D eigenvalue weighted by Crippen LogP contribution is -2.41. The largest absolute Gasteiger partial charge is 0.390 e. The van der Waals surface area contributed by atoms with Gasteiger partial charge in [-0.25, -0.2) is 4.39 Å². The minimum atomic E-state index is -0.712. The number of hydrogen-bond acceptors (Lipinski definition) is 5. The van der Waals surface area contributed by atoms with Crippen LogP contribution in [0.3, 0.4) is 0 Å². The number of benzene rings is 2. The van der Waals surface area contributed by atoms with Gasteiger partial charge >= 0.3 is 0 Å². The van der Waals surface area contributed by atoms with Gasteiger partial charge in [-0.05, 0) is 18.2 Å². The highest BCUT2D eigenvalue weighted by Gasteiger charge is 2.35. The Hall–Kier alpha value is -3.79. The molecule has 1 saturated heterocycles. The van der Waals surface area contributed by atoms with E-state index < -0.39 is 23.7 Å². The third-order valence-electron chi connectivity index (χ3n) is 6.89. The molecular weight excluding hydrogens is 463 g/mol. The first-order chi connectivity index (χ1) is 17.5. The van der Waals surface area contributed by atoms with Crippen molar-refractivity contribution in [1.29, 1.82) is 0 Å². The summed E-state index contributed by atoms with van der Waals surface area (Å²) in [6.07, 6.45) is 2.65. The molecule has 1 unspecified atom stereocenters. The number of hydrogen-bond donors (Lipinski definition) is 3. The van der Waals surface area contributed by atoms with Crippen LogP contribution in [0.5, 0.6) is 0 Å². The monoisotopic (exact) mass is 488 g/mol. The average molecular weight is 489 g/mol. The number of ether oxygens (including phenoxy) is 1. The van der Waals surface area contributed by atoms with Crippen LogP contribution in [0.1, 0.15) is 11.1 Å². The number of nitrogens with one attached hydrogen (secondary N) is 2. The maximum atomic E-state index is 15.2. The van der Waals surface area contributed by atoms with Gasteiger partial charge in [-0.15, -0.1) is 0 Å². The predicted octanol–water partition coefficient (Wildman–Crippen LogP) is 2.52. The summed E-state index contributed by atoms with van der Waals surface area (Å²) in [7, 11) is 0. The van der Waals surface area contributed by atoms with Gasteiger partial charge in [0.2, 0.25) is 0 Å². The van der Waals surface area contributed by atoms with Crippen molar-refractivity contribution < 1.29 is 23.8 Å². The van der Waals surface area contributed by atoms with E-state index in [1.807, 2.05) is 24.3 Å². The maximum absolute atomic E-state index is 15.2. The number of morpholine rings is 1. The molecule has 1 fully saturated rings. The van der Waals surface area contributed by atoms with E-state index in [2.05, 4.69) is 15.2 Å². The second-order valence-electron chi connectivity index (χ2n) is 9.18. The number of H-pyrrole nitrogens is 1. The second-order valence-corrected chi connectivity index (χ2v) is 9.18. The first-order valence-electron chi connectivity index (χ1n) is 11.9. The van der Waals surface area contributed by atoms with Crippen LogP contribution >= 0.6 is 0 Å². The third kappa shape index (κ3) is 3.81. The van der Waals surface area contributed by atoms with E-state index >= 15 is 4.39 Å². The van der Waals surface area contributed by atoms with Crippen LogP contribution in [0, 0.1) is 5.82 Å². The number of amides is 2. The normalized spacial score (nSPS) is 17.9. The molecule has 9 heteroatoms. The standard InChI is InChI=1S/C27H25FN4O4/c28-20-5-3-7-22-23(20)19(15-32(22)14-16(33)13-31-8-10-36-11-9-31)25-24(26(34)30-27(25)35)18-12-29-21-6-2-1-4-17(18)21/h1-7,12,15-16,29,33H,8-11,13-14H2,(H,30,34,35). The first kappa shape index (κ1) is 22.7. The maximum Gasteiger partial charge on any atom is 0.259 e. The third-order valence-corrected chi connectivity index (χ3v) is 6.89. The van der Waals surface area contributed by atoms with Crippen molar-refractivity contribution in [3.05, 3.63) is 71.8 Å². The number of aromatic nitrogens is 2. The molecule has 0 spiro atoms. The molecule has 0 bridgehead atoms. The molecule has 8 nitrogen and oxygen atoms in total. The van der Waals surface area contributed by atoms with Crippen LogP contribution in [-0.4, -0.2) is 70.3 Å². The number of β-amino-alcohol motifs (C(OH)–C–C–N with tert-alkyl or cyclic N) is 1. The number of imide groups is 1. The molecule has 3 N–H and O–H groups in total. The summed E-state index contributed by atoms with van der Waals surface area (Å²) < 4.78 is 22.4. The number of aromatic amines is 1. The number of fused-ring (bicyclic) bond motifs is 2. The topological polar surface area (TPSA) is 99.6 Å². The van der Waals surface area contributed by atoms with Gasteiger partial charge in [0, 0.05) is 66.0 Å². The fourth-order valence-electron chi connectivity index (χ4n) is 5.26.